The van der Waals surface area contributed by atoms with Crippen LogP contribution in [0.3, 0.4) is 0 Å². The number of Topliss-reactive ketones (excluding diaryl/α,β-unsaturated/α-hetero) is 1. The van der Waals surface area contributed by atoms with E-state index in [-0.39, 0.29) is 11.3 Å². The zero-order valence-corrected chi connectivity index (χ0v) is 17.5. The summed E-state index contributed by atoms with van der Waals surface area (Å²) in [6.45, 7) is 2.17. The van der Waals surface area contributed by atoms with Gasteiger partial charge in [0.1, 0.15) is 11.5 Å². The summed E-state index contributed by atoms with van der Waals surface area (Å²) in [5.74, 6) is -0.777. The van der Waals surface area contributed by atoms with Crippen molar-refractivity contribution in [3.8, 4) is 5.75 Å². The molecule has 2 aromatic carbocycles. The minimum Gasteiger partial charge on any atom is -0.507 e. The van der Waals surface area contributed by atoms with Crippen LogP contribution in [0.25, 0.3) is 5.76 Å². The Balaban J connectivity index is 1.85. The molecule has 0 bridgehead atoms. The number of aliphatic hydroxyl groups is 1. The molecular formula is C24H21NO4S. The molecule has 1 N–H and O–H groups in total. The van der Waals surface area contributed by atoms with Crippen molar-refractivity contribution in [2.75, 3.05) is 7.11 Å². The number of likely N-dealkylation sites (tertiary alicyclic amines) is 1. The summed E-state index contributed by atoms with van der Waals surface area (Å²) in [5.41, 5.74) is 2.18. The van der Waals surface area contributed by atoms with Crippen LogP contribution in [0.1, 0.15) is 27.6 Å². The second-order valence-electron chi connectivity index (χ2n) is 7.10. The van der Waals surface area contributed by atoms with Crippen LogP contribution in [0.2, 0.25) is 0 Å². The van der Waals surface area contributed by atoms with E-state index in [4.69, 9.17) is 4.74 Å². The first-order valence-electron chi connectivity index (χ1n) is 9.52. The molecule has 1 unspecified atom stereocenters. The van der Waals surface area contributed by atoms with E-state index in [0.29, 0.717) is 17.9 Å². The number of benzene rings is 2. The quantitative estimate of drug-likeness (QED) is 0.370. The largest absolute Gasteiger partial charge is 0.507 e. The standard InChI is InChI=1S/C24H21NO4S/c1-15-13-17(10-11-19(15)29-2)22(26)20-21(16-7-4-3-5-8-16)25(24(28)23(20)27)14-18-9-6-12-30-18/h3-13,21,26H,14H2,1-2H3/b22-20-. The third-order valence-electron chi connectivity index (χ3n) is 5.23. The fourth-order valence-electron chi connectivity index (χ4n) is 3.78. The fourth-order valence-corrected chi connectivity index (χ4v) is 4.48. The summed E-state index contributed by atoms with van der Waals surface area (Å²) in [7, 11) is 1.58. The van der Waals surface area contributed by atoms with Crippen LogP contribution in [0.5, 0.6) is 5.75 Å². The van der Waals surface area contributed by atoms with Gasteiger partial charge in [-0.05, 0) is 47.7 Å². The van der Waals surface area contributed by atoms with Crippen molar-refractivity contribution >= 4 is 28.8 Å². The molecule has 30 heavy (non-hydrogen) atoms. The van der Waals surface area contributed by atoms with Gasteiger partial charge < -0.3 is 14.7 Å². The Morgan fingerprint density at radius 1 is 1.10 bits per heavy atom. The van der Waals surface area contributed by atoms with Gasteiger partial charge in [-0.15, -0.1) is 11.3 Å². The number of aryl methyl sites for hydroxylation is 1. The maximum atomic E-state index is 13.0. The van der Waals surface area contributed by atoms with Crippen LogP contribution in [0.4, 0.5) is 0 Å². The van der Waals surface area contributed by atoms with E-state index in [2.05, 4.69) is 0 Å². The number of amides is 1. The molecule has 1 aliphatic rings. The second-order valence-corrected chi connectivity index (χ2v) is 8.13. The van der Waals surface area contributed by atoms with Gasteiger partial charge in [0.15, 0.2) is 0 Å². The molecule has 1 aromatic heterocycles. The lowest BCUT2D eigenvalue weighted by molar-refractivity contribution is -0.140. The van der Waals surface area contributed by atoms with Crippen LogP contribution in [0, 0.1) is 6.92 Å². The van der Waals surface area contributed by atoms with Crippen molar-refractivity contribution in [1.82, 2.24) is 4.90 Å². The number of carbonyl (C=O) groups excluding carboxylic acids is 2. The molecule has 1 fully saturated rings. The van der Waals surface area contributed by atoms with Gasteiger partial charge in [-0.1, -0.05) is 36.4 Å². The molecule has 0 aliphatic carbocycles. The van der Waals surface area contributed by atoms with Gasteiger partial charge >= 0.3 is 0 Å². The van der Waals surface area contributed by atoms with E-state index in [1.165, 1.54) is 16.2 Å². The predicted octanol–water partition coefficient (Wildman–Crippen LogP) is 4.69. The Bertz CT molecular complexity index is 1120. The van der Waals surface area contributed by atoms with Crippen LogP contribution < -0.4 is 4.74 Å². The number of methoxy groups -OCH3 is 1. The number of carbonyl (C=O) groups is 2. The molecule has 6 heteroatoms. The normalized spacial score (nSPS) is 18.1. The summed E-state index contributed by atoms with van der Waals surface area (Å²) in [6, 6.07) is 17.7. The van der Waals surface area contributed by atoms with Gasteiger partial charge in [-0.3, -0.25) is 9.59 Å². The molecule has 1 atom stereocenters. The van der Waals surface area contributed by atoms with Crippen LogP contribution in [0.15, 0.2) is 71.6 Å². The van der Waals surface area contributed by atoms with E-state index >= 15 is 0 Å². The molecule has 0 saturated carbocycles. The van der Waals surface area contributed by atoms with Gasteiger partial charge in [0, 0.05) is 10.4 Å². The molecule has 1 aliphatic heterocycles. The van der Waals surface area contributed by atoms with Gasteiger partial charge in [0.05, 0.1) is 25.3 Å². The number of ketones is 1. The lowest BCUT2D eigenvalue weighted by Crippen LogP contribution is -2.28. The molecule has 0 radical (unpaired) electrons. The first-order chi connectivity index (χ1) is 14.5. The number of hydrogen-bond donors (Lipinski definition) is 1. The van der Waals surface area contributed by atoms with E-state index in [0.717, 1.165) is 16.0 Å². The first-order valence-corrected chi connectivity index (χ1v) is 10.4. The van der Waals surface area contributed by atoms with Crippen molar-refractivity contribution in [2.45, 2.75) is 19.5 Å². The molecule has 5 nitrogen and oxygen atoms in total. The highest BCUT2D eigenvalue weighted by molar-refractivity contribution is 7.09. The summed E-state index contributed by atoms with van der Waals surface area (Å²) >= 11 is 1.52. The lowest BCUT2D eigenvalue weighted by atomic mass is 9.95. The molecule has 2 heterocycles. The predicted molar refractivity (Wildman–Crippen MR) is 116 cm³/mol. The maximum Gasteiger partial charge on any atom is 0.295 e. The third kappa shape index (κ3) is 3.50. The summed E-state index contributed by atoms with van der Waals surface area (Å²) < 4.78 is 5.28. The zero-order chi connectivity index (χ0) is 21.3. The highest BCUT2D eigenvalue weighted by Crippen LogP contribution is 2.40. The van der Waals surface area contributed by atoms with Crippen LogP contribution >= 0.6 is 11.3 Å². The first kappa shape index (κ1) is 19.9. The SMILES string of the molecule is COc1ccc(/C(O)=C2/C(=O)C(=O)N(Cc3cccs3)C2c2ccccc2)cc1C. The number of ether oxygens (including phenoxy) is 1. The fraction of sp³-hybridized carbons (Fsp3) is 0.167. The van der Waals surface area contributed by atoms with Crippen molar-refractivity contribution in [3.63, 3.8) is 0 Å². The molecular weight excluding hydrogens is 398 g/mol. The topological polar surface area (TPSA) is 66.8 Å². The Morgan fingerprint density at radius 3 is 2.50 bits per heavy atom. The lowest BCUT2D eigenvalue weighted by Gasteiger charge is -2.25. The highest BCUT2D eigenvalue weighted by atomic mass is 32.1. The third-order valence-corrected chi connectivity index (χ3v) is 6.09. The summed E-state index contributed by atoms with van der Waals surface area (Å²) in [5, 5.41) is 13.0. The van der Waals surface area contributed by atoms with Gasteiger partial charge in [-0.25, -0.2) is 0 Å². The zero-order valence-electron chi connectivity index (χ0n) is 16.7. The average Bonchev–Trinajstić information content (AvgIpc) is 3.36. The summed E-state index contributed by atoms with van der Waals surface area (Å²) in [6.07, 6.45) is 0. The minimum absolute atomic E-state index is 0.104. The van der Waals surface area contributed by atoms with Crippen molar-refractivity contribution in [1.29, 1.82) is 0 Å². The number of rotatable bonds is 5. The molecule has 3 aromatic rings. The molecule has 4 rings (SSSR count). The summed E-state index contributed by atoms with van der Waals surface area (Å²) in [4.78, 5) is 28.5. The molecule has 0 spiro atoms. The van der Waals surface area contributed by atoms with E-state index in [1.807, 2.05) is 54.8 Å². The van der Waals surface area contributed by atoms with Gasteiger partial charge in [-0.2, -0.15) is 0 Å². The average molecular weight is 420 g/mol. The Hall–Kier alpha value is -3.38. The van der Waals surface area contributed by atoms with Crippen LogP contribution in [-0.2, 0) is 16.1 Å². The van der Waals surface area contributed by atoms with Crippen molar-refractivity contribution < 1.29 is 19.4 Å². The van der Waals surface area contributed by atoms with Gasteiger partial charge in [0.2, 0.25) is 0 Å². The Morgan fingerprint density at radius 2 is 1.87 bits per heavy atom. The number of nitrogens with zero attached hydrogens (tertiary/aromatic N) is 1. The minimum atomic E-state index is -0.675. The van der Waals surface area contributed by atoms with E-state index < -0.39 is 17.7 Å². The maximum absolute atomic E-state index is 13.0. The number of hydrogen-bond acceptors (Lipinski definition) is 5. The van der Waals surface area contributed by atoms with E-state index in [1.54, 1.807) is 25.3 Å². The van der Waals surface area contributed by atoms with E-state index in [9.17, 15) is 14.7 Å². The van der Waals surface area contributed by atoms with Crippen molar-refractivity contribution in [2.24, 2.45) is 0 Å². The van der Waals surface area contributed by atoms with Gasteiger partial charge in [0.25, 0.3) is 11.7 Å². The smallest absolute Gasteiger partial charge is 0.295 e. The molecule has 1 amide bonds. The second kappa shape index (κ2) is 8.16. The monoisotopic (exact) mass is 419 g/mol. The van der Waals surface area contributed by atoms with Crippen molar-refractivity contribution in [3.05, 3.63) is 93.2 Å². The molecule has 152 valence electrons. The Kier molecular flexibility index (Phi) is 5.42. The Labute approximate surface area is 178 Å². The van der Waals surface area contributed by atoms with Crippen LogP contribution in [-0.4, -0.2) is 28.8 Å². The number of thiophene rings is 1. The number of aliphatic hydroxyl groups excluding tert-OH is 1. The highest BCUT2D eigenvalue weighted by Gasteiger charge is 2.46. The molecule has 1 saturated heterocycles.